The fourth-order valence-corrected chi connectivity index (χ4v) is 1.78. The predicted molar refractivity (Wildman–Crippen MR) is 69.9 cm³/mol. The molecule has 0 aromatic heterocycles. The van der Waals surface area contributed by atoms with Gasteiger partial charge in [-0.15, -0.1) is 0 Å². The Morgan fingerprint density at radius 1 is 0.812 bits per heavy atom. The lowest BCUT2D eigenvalue weighted by Gasteiger charge is -2.17. The standard InChI is InChI=1S/C14H30O2/c1-4-7-9-11-14(10-8-5-2)16-13-12-15-6-3/h14H,4-13H2,1-3H3. The first-order valence-electron chi connectivity index (χ1n) is 7.04. The average molecular weight is 230 g/mol. The smallest absolute Gasteiger partial charge is 0.0704 e. The Bertz CT molecular complexity index is 126. The van der Waals surface area contributed by atoms with Crippen LogP contribution in [0.5, 0.6) is 0 Å². The number of hydrogen-bond acceptors (Lipinski definition) is 2. The molecule has 0 fully saturated rings. The Morgan fingerprint density at radius 3 is 2.12 bits per heavy atom. The highest BCUT2D eigenvalue weighted by molar-refractivity contribution is 4.58. The second-order valence-electron chi connectivity index (χ2n) is 4.33. The molecule has 98 valence electrons. The van der Waals surface area contributed by atoms with Crippen LogP contribution < -0.4 is 0 Å². The average Bonchev–Trinajstić information content (AvgIpc) is 2.31. The van der Waals surface area contributed by atoms with Crippen molar-refractivity contribution in [2.75, 3.05) is 19.8 Å². The number of ether oxygens (including phenoxy) is 2. The first-order valence-corrected chi connectivity index (χ1v) is 7.04. The molecule has 0 aromatic rings. The summed E-state index contributed by atoms with van der Waals surface area (Å²) in [6, 6.07) is 0. The topological polar surface area (TPSA) is 18.5 Å². The van der Waals surface area contributed by atoms with Gasteiger partial charge in [0.25, 0.3) is 0 Å². The number of hydrogen-bond donors (Lipinski definition) is 0. The Kier molecular flexibility index (Phi) is 12.9. The SMILES string of the molecule is CCCCCC(CCCC)OCCOCC. The van der Waals surface area contributed by atoms with Crippen molar-refractivity contribution >= 4 is 0 Å². The van der Waals surface area contributed by atoms with E-state index >= 15 is 0 Å². The van der Waals surface area contributed by atoms with Crippen LogP contribution in [0.2, 0.25) is 0 Å². The monoisotopic (exact) mass is 230 g/mol. The molecule has 0 saturated heterocycles. The van der Waals surface area contributed by atoms with E-state index in [0.29, 0.717) is 6.10 Å². The lowest BCUT2D eigenvalue weighted by atomic mass is 10.1. The molecule has 16 heavy (non-hydrogen) atoms. The second-order valence-corrected chi connectivity index (χ2v) is 4.33. The molecule has 0 bridgehead atoms. The van der Waals surface area contributed by atoms with Gasteiger partial charge < -0.3 is 9.47 Å². The maximum Gasteiger partial charge on any atom is 0.0704 e. The summed E-state index contributed by atoms with van der Waals surface area (Å²) in [7, 11) is 0. The Hall–Kier alpha value is -0.0800. The highest BCUT2D eigenvalue weighted by Gasteiger charge is 2.07. The van der Waals surface area contributed by atoms with Crippen molar-refractivity contribution in [2.45, 2.75) is 71.8 Å². The minimum Gasteiger partial charge on any atom is -0.379 e. The van der Waals surface area contributed by atoms with Crippen molar-refractivity contribution in [3.05, 3.63) is 0 Å². The van der Waals surface area contributed by atoms with Gasteiger partial charge in [0.15, 0.2) is 0 Å². The molecule has 0 heterocycles. The third kappa shape index (κ3) is 10.4. The summed E-state index contributed by atoms with van der Waals surface area (Å²) in [5.74, 6) is 0. The highest BCUT2D eigenvalue weighted by atomic mass is 16.5. The van der Waals surface area contributed by atoms with E-state index in [1.165, 1.54) is 44.9 Å². The molecule has 0 aliphatic carbocycles. The molecule has 0 N–H and O–H groups in total. The van der Waals surface area contributed by atoms with Crippen molar-refractivity contribution in [2.24, 2.45) is 0 Å². The van der Waals surface area contributed by atoms with E-state index in [1.54, 1.807) is 0 Å². The van der Waals surface area contributed by atoms with Gasteiger partial charge in [-0.3, -0.25) is 0 Å². The largest absolute Gasteiger partial charge is 0.379 e. The molecular weight excluding hydrogens is 200 g/mol. The molecule has 0 aliphatic heterocycles. The van der Waals surface area contributed by atoms with Crippen LogP contribution in [0.3, 0.4) is 0 Å². The summed E-state index contributed by atoms with van der Waals surface area (Å²) >= 11 is 0. The maximum atomic E-state index is 5.87. The van der Waals surface area contributed by atoms with E-state index in [9.17, 15) is 0 Å². The summed E-state index contributed by atoms with van der Waals surface area (Å²) in [4.78, 5) is 0. The third-order valence-electron chi connectivity index (χ3n) is 2.79. The van der Waals surface area contributed by atoms with Gasteiger partial charge in [-0.25, -0.2) is 0 Å². The molecule has 1 atom stereocenters. The number of unbranched alkanes of at least 4 members (excludes halogenated alkanes) is 3. The normalized spacial score (nSPS) is 12.9. The van der Waals surface area contributed by atoms with Crippen molar-refractivity contribution < 1.29 is 9.47 Å². The molecule has 0 radical (unpaired) electrons. The van der Waals surface area contributed by atoms with E-state index in [-0.39, 0.29) is 0 Å². The zero-order valence-electron chi connectivity index (χ0n) is 11.5. The fraction of sp³-hybridized carbons (Fsp3) is 1.00. The molecule has 0 rings (SSSR count). The zero-order valence-corrected chi connectivity index (χ0v) is 11.5. The molecule has 1 unspecified atom stereocenters. The van der Waals surface area contributed by atoms with Crippen molar-refractivity contribution in [3.8, 4) is 0 Å². The number of rotatable bonds is 12. The van der Waals surface area contributed by atoms with Crippen LogP contribution in [0.1, 0.15) is 65.7 Å². The molecule has 2 heteroatoms. The molecule has 0 aromatic carbocycles. The van der Waals surface area contributed by atoms with Gasteiger partial charge in [-0.05, 0) is 19.8 Å². The van der Waals surface area contributed by atoms with E-state index in [4.69, 9.17) is 9.47 Å². The van der Waals surface area contributed by atoms with Crippen LogP contribution in [0, 0.1) is 0 Å². The summed E-state index contributed by atoms with van der Waals surface area (Å²) in [6.07, 6.45) is 9.37. The minimum atomic E-state index is 0.465. The zero-order chi connectivity index (χ0) is 12.1. The molecule has 2 nitrogen and oxygen atoms in total. The first-order chi connectivity index (χ1) is 7.85. The van der Waals surface area contributed by atoms with E-state index < -0.39 is 0 Å². The van der Waals surface area contributed by atoms with Crippen LogP contribution in [-0.2, 0) is 9.47 Å². The first kappa shape index (κ1) is 15.9. The van der Waals surface area contributed by atoms with Gasteiger partial charge >= 0.3 is 0 Å². The molecule has 0 amide bonds. The Balaban J connectivity index is 3.54. The van der Waals surface area contributed by atoms with Crippen molar-refractivity contribution in [3.63, 3.8) is 0 Å². The minimum absolute atomic E-state index is 0.465. The van der Waals surface area contributed by atoms with Crippen LogP contribution in [0.25, 0.3) is 0 Å². The van der Waals surface area contributed by atoms with Crippen LogP contribution in [-0.4, -0.2) is 25.9 Å². The fourth-order valence-electron chi connectivity index (χ4n) is 1.78. The molecule has 0 saturated carbocycles. The van der Waals surface area contributed by atoms with Crippen molar-refractivity contribution in [1.82, 2.24) is 0 Å². The van der Waals surface area contributed by atoms with Crippen molar-refractivity contribution in [1.29, 1.82) is 0 Å². The Morgan fingerprint density at radius 2 is 1.50 bits per heavy atom. The van der Waals surface area contributed by atoms with Crippen LogP contribution in [0.4, 0.5) is 0 Å². The van der Waals surface area contributed by atoms with E-state index in [2.05, 4.69) is 13.8 Å². The lowest BCUT2D eigenvalue weighted by molar-refractivity contribution is -0.00143. The van der Waals surface area contributed by atoms with Gasteiger partial charge in [-0.2, -0.15) is 0 Å². The Labute approximate surface area is 102 Å². The molecule has 0 aliphatic rings. The lowest BCUT2D eigenvalue weighted by Crippen LogP contribution is -2.16. The highest BCUT2D eigenvalue weighted by Crippen LogP contribution is 2.13. The van der Waals surface area contributed by atoms with E-state index in [0.717, 1.165) is 19.8 Å². The summed E-state index contributed by atoms with van der Waals surface area (Å²) in [5.41, 5.74) is 0. The molecule has 0 spiro atoms. The quantitative estimate of drug-likeness (QED) is 0.468. The van der Waals surface area contributed by atoms with Gasteiger partial charge in [0, 0.05) is 6.61 Å². The van der Waals surface area contributed by atoms with Crippen LogP contribution in [0.15, 0.2) is 0 Å². The van der Waals surface area contributed by atoms with E-state index in [1.807, 2.05) is 6.92 Å². The van der Waals surface area contributed by atoms with Gasteiger partial charge in [-0.1, -0.05) is 46.0 Å². The van der Waals surface area contributed by atoms with Gasteiger partial charge in [0.05, 0.1) is 19.3 Å². The summed E-state index contributed by atoms with van der Waals surface area (Å²) in [5, 5.41) is 0. The van der Waals surface area contributed by atoms with Gasteiger partial charge in [0.1, 0.15) is 0 Å². The summed E-state index contributed by atoms with van der Waals surface area (Å²) < 4.78 is 11.2. The molecular formula is C14H30O2. The maximum absolute atomic E-state index is 5.87. The second kappa shape index (κ2) is 13.0. The predicted octanol–water partition coefficient (Wildman–Crippen LogP) is 4.18. The third-order valence-corrected chi connectivity index (χ3v) is 2.79. The summed E-state index contributed by atoms with van der Waals surface area (Å²) in [6.45, 7) is 8.80. The van der Waals surface area contributed by atoms with Crippen LogP contribution >= 0.6 is 0 Å². The van der Waals surface area contributed by atoms with Gasteiger partial charge in [0.2, 0.25) is 0 Å².